The number of ether oxygens (including phenoxy) is 1. The average molecular weight is 651 g/mol. The van der Waals surface area contributed by atoms with Crippen LogP contribution in [0.1, 0.15) is 9.49 Å². The molecule has 0 radical (unpaired) electrons. The first-order chi connectivity index (χ1) is 10.8. The first kappa shape index (κ1) is 19.0. The quantitative estimate of drug-likeness (QED) is 0.332. The summed E-state index contributed by atoms with van der Waals surface area (Å²) in [5, 5.41) is 18.4. The number of rotatable bonds is 5. The maximum absolute atomic E-state index is 11.0. The number of benzene rings is 2. The van der Waals surface area contributed by atoms with Crippen molar-refractivity contribution in [2.24, 2.45) is 5.73 Å². The molecule has 122 valence electrons. The summed E-state index contributed by atoms with van der Waals surface area (Å²) in [4.78, 5) is 11.0. The number of halogens is 3. The Morgan fingerprint density at radius 1 is 1.09 bits per heavy atom. The molecule has 2 aromatic rings. The topological polar surface area (TPSA) is 92.8 Å². The zero-order valence-corrected chi connectivity index (χ0v) is 18.0. The minimum Gasteiger partial charge on any atom is -0.508 e. The van der Waals surface area contributed by atoms with Crippen molar-refractivity contribution in [3.8, 4) is 17.2 Å². The molecule has 0 aliphatic rings. The van der Waals surface area contributed by atoms with Gasteiger partial charge in [-0.05, 0) is 81.1 Å². The summed E-state index contributed by atoms with van der Waals surface area (Å²) in [6.07, 6.45) is 0. The Kier molecular flexibility index (Phi) is 6.74. The Hall–Kier alpha value is -0.340. The molecule has 8 heteroatoms. The number of nitrogens with two attached hydrogens (primary N) is 1. The number of carbonyl (C=O) groups is 1. The molecule has 2 aromatic carbocycles. The minimum atomic E-state index is -1.03. The zero-order valence-electron chi connectivity index (χ0n) is 11.5. The van der Waals surface area contributed by atoms with Crippen molar-refractivity contribution >= 4 is 73.7 Å². The maximum Gasteiger partial charge on any atom is 0.321 e. The zero-order chi connectivity index (χ0) is 17.1. The van der Waals surface area contributed by atoms with Gasteiger partial charge in [-0.15, -0.1) is 0 Å². The van der Waals surface area contributed by atoms with Crippen LogP contribution in [0.3, 0.4) is 0 Å². The molecule has 0 saturated carbocycles. The third-order valence-electron chi connectivity index (χ3n) is 3.01. The lowest BCUT2D eigenvalue weighted by Crippen LogP contribution is -2.33. The van der Waals surface area contributed by atoms with E-state index in [-0.39, 0.29) is 9.67 Å². The van der Waals surface area contributed by atoms with Gasteiger partial charge in [0.1, 0.15) is 23.3 Å². The predicted octanol–water partition coefficient (Wildman–Crippen LogP) is 4.28. The van der Waals surface area contributed by atoms with E-state index in [1.54, 1.807) is 24.3 Å². The number of aromatic hydroxyl groups is 1. The highest BCUT2D eigenvalue weighted by Gasteiger charge is 2.23. The normalized spacial score (nSPS) is 13.4. The van der Waals surface area contributed by atoms with Crippen LogP contribution in [0.2, 0.25) is 0 Å². The van der Waals surface area contributed by atoms with Gasteiger partial charge in [-0.25, -0.2) is 0 Å². The third-order valence-corrected chi connectivity index (χ3v) is 6.19. The second-order valence-corrected chi connectivity index (χ2v) is 8.34. The van der Waals surface area contributed by atoms with Crippen molar-refractivity contribution in [1.82, 2.24) is 0 Å². The van der Waals surface area contributed by atoms with Crippen molar-refractivity contribution < 1.29 is 19.7 Å². The number of hydrogen-bond donors (Lipinski definition) is 3. The predicted molar refractivity (Wildman–Crippen MR) is 112 cm³/mol. The van der Waals surface area contributed by atoms with Gasteiger partial charge in [0.25, 0.3) is 0 Å². The Balaban J connectivity index is 2.24. The molecule has 0 heterocycles. The molecule has 4 N–H and O–H groups in total. The Bertz CT molecular complexity index is 739. The SMILES string of the molecule is N[C@@H](C(=O)O)[C@@H](I)c1ccc(Oc2ccc(O)cc2I)c(I)c1. The summed E-state index contributed by atoms with van der Waals surface area (Å²) in [7, 11) is 0. The summed E-state index contributed by atoms with van der Waals surface area (Å²) in [6, 6.07) is 9.38. The molecule has 5 nitrogen and oxygen atoms in total. The van der Waals surface area contributed by atoms with E-state index >= 15 is 0 Å². The first-order valence-electron chi connectivity index (χ1n) is 6.38. The average Bonchev–Trinajstić information content (AvgIpc) is 2.50. The van der Waals surface area contributed by atoms with Gasteiger partial charge in [-0.1, -0.05) is 28.7 Å². The highest BCUT2D eigenvalue weighted by atomic mass is 127. The second-order valence-electron chi connectivity index (χ2n) is 4.67. The molecule has 0 aliphatic heterocycles. The van der Waals surface area contributed by atoms with Crippen LogP contribution in [0.25, 0.3) is 0 Å². The molecular formula is C15H12I3NO4. The summed E-state index contributed by atoms with van der Waals surface area (Å²) in [5.74, 6) is 0.452. The fourth-order valence-corrected chi connectivity index (χ4v) is 3.75. The van der Waals surface area contributed by atoms with E-state index in [1.165, 1.54) is 0 Å². The lowest BCUT2D eigenvalue weighted by atomic mass is 10.1. The summed E-state index contributed by atoms with van der Waals surface area (Å²) < 4.78 is 7.17. The van der Waals surface area contributed by atoms with Crippen molar-refractivity contribution in [2.75, 3.05) is 0 Å². The Labute approximate surface area is 174 Å². The number of hydrogen-bond acceptors (Lipinski definition) is 4. The highest BCUT2D eigenvalue weighted by molar-refractivity contribution is 14.1. The molecule has 0 bridgehead atoms. The molecule has 2 rings (SSSR count). The number of carboxylic acids is 1. The number of carboxylic acid groups (broad SMARTS) is 1. The molecule has 0 fully saturated rings. The molecule has 0 amide bonds. The van der Waals surface area contributed by atoms with Gasteiger partial charge < -0.3 is 20.7 Å². The van der Waals surface area contributed by atoms with Gasteiger partial charge in [0.05, 0.1) is 11.1 Å². The number of alkyl halides is 1. The van der Waals surface area contributed by atoms with Crippen molar-refractivity contribution in [2.45, 2.75) is 9.97 Å². The largest absolute Gasteiger partial charge is 0.508 e. The number of phenolic OH excluding ortho intramolecular Hbond substituents is 1. The van der Waals surface area contributed by atoms with Crippen LogP contribution < -0.4 is 10.5 Å². The van der Waals surface area contributed by atoms with Crippen LogP contribution in [0.15, 0.2) is 36.4 Å². The van der Waals surface area contributed by atoms with Crippen molar-refractivity contribution in [3.63, 3.8) is 0 Å². The molecule has 0 spiro atoms. The van der Waals surface area contributed by atoms with Crippen LogP contribution >= 0.6 is 67.8 Å². The third kappa shape index (κ3) is 4.82. The number of aliphatic carboxylic acids is 1. The summed E-state index contributed by atoms with van der Waals surface area (Å²) in [6.45, 7) is 0. The van der Waals surface area contributed by atoms with E-state index in [1.807, 2.05) is 34.7 Å². The smallest absolute Gasteiger partial charge is 0.321 e. The van der Waals surface area contributed by atoms with Crippen LogP contribution in [0.5, 0.6) is 17.2 Å². The van der Waals surface area contributed by atoms with Gasteiger partial charge in [-0.2, -0.15) is 0 Å². The molecule has 0 aromatic heterocycles. The van der Waals surface area contributed by atoms with Gasteiger partial charge in [0, 0.05) is 0 Å². The Morgan fingerprint density at radius 2 is 1.65 bits per heavy atom. The maximum atomic E-state index is 11.0. The monoisotopic (exact) mass is 651 g/mol. The lowest BCUT2D eigenvalue weighted by molar-refractivity contribution is -0.138. The molecule has 2 atom stereocenters. The van der Waals surface area contributed by atoms with E-state index in [9.17, 15) is 9.90 Å². The first-order valence-corrected chi connectivity index (χ1v) is 9.78. The van der Waals surface area contributed by atoms with Gasteiger partial charge >= 0.3 is 5.97 Å². The highest BCUT2D eigenvalue weighted by Crippen LogP contribution is 2.35. The molecule has 0 aliphatic carbocycles. The van der Waals surface area contributed by atoms with E-state index in [2.05, 4.69) is 45.2 Å². The van der Waals surface area contributed by atoms with Crippen molar-refractivity contribution in [3.05, 3.63) is 49.1 Å². The molecular weight excluding hydrogens is 639 g/mol. The van der Waals surface area contributed by atoms with Crippen LogP contribution in [-0.4, -0.2) is 22.2 Å². The minimum absolute atomic E-state index is 0.183. The molecule has 0 saturated heterocycles. The standard InChI is InChI=1S/C15H12I3NO4/c16-9-5-7(13(18)14(19)15(21)22)1-3-11(9)23-12-4-2-8(20)6-10(12)17/h1-6,13-14,20H,19H2,(H,21,22)/t13-,14+/m0/s1. The summed E-state index contributed by atoms with van der Waals surface area (Å²) in [5.41, 5.74) is 6.50. The fourth-order valence-electron chi connectivity index (χ4n) is 1.79. The lowest BCUT2D eigenvalue weighted by Gasteiger charge is -2.16. The number of phenols is 1. The van der Waals surface area contributed by atoms with Gasteiger partial charge in [0.2, 0.25) is 0 Å². The van der Waals surface area contributed by atoms with Crippen molar-refractivity contribution in [1.29, 1.82) is 0 Å². The van der Waals surface area contributed by atoms with Crippen LogP contribution in [0, 0.1) is 7.14 Å². The van der Waals surface area contributed by atoms with Crippen LogP contribution in [-0.2, 0) is 4.79 Å². The van der Waals surface area contributed by atoms with E-state index in [0.29, 0.717) is 11.5 Å². The molecule has 23 heavy (non-hydrogen) atoms. The summed E-state index contributed by atoms with van der Waals surface area (Å²) >= 11 is 6.25. The van der Waals surface area contributed by atoms with E-state index in [4.69, 9.17) is 15.6 Å². The van der Waals surface area contributed by atoms with Gasteiger partial charge in [-0.3, -0.25) is 4.79 Å². The van der Waals surface area contributed by atoms with Crippen LogP contribution in [0.4, 0.5) is 0 Å². The second kappa shape index (κ2) is 8.16. The molecule has 0 unspecified atom stereocenters. The van der Waals surface area contributed by atoms with E-state index in [0.717, 1.165) is 12.7 Å². The fraction of sp³-hybridized carbons (Fsp3) is 0.133. The Morgan fingerprint density at radius 3 is 2.17 bits per heavy atom. The van der Waals surface area contributed by atoms with E-state index < -0.39 is 12.0 Å². The van der Waals surface area contributed by atoms with Gasteiger partial charge in [0.15, 0.2) is 0 Å².